The molecule has 0 amide bonds. The van der Waals surface area contributed by atoms with E-state index in [1.807, 2.05) is 26.1 Å². The van der Waals surface area contributed by atoms with E-state index < -0.39 is 0 Å². The number of hydrogen-bond donors (Lipinski definition) is 2. The summed E-state index contributed by atoms with van der Waals surface area (Å²) < 4.78 is 24.5. The van der Waals surface area contributed by atoms with Crippen molar-refractivity contribution in [3.05, 3.63) is 54.0 Å². The molecule has 0 aliphatic carbocycles. The number of aliphatic imine (C=N–C) groups is 1. The van der Waals surface area contributed by atoms with Gasteiger partial charge in [0.25, 0.3) is 0 Å². The van der Waals surface area contributed by atoms with E-state index in [4.69, 9.17) is 14.5 Å². The summed E-state index contributed by atoms with van der Waals surface area (Å²) in [6.45, 7) is 10.3. The molecular weight excluding hydrogens is 397 g/mol. The van der Waals surface area contributed by atoms with Gasteiger partial charge in [-0.2, -0.15) is 0 Å². The van der Waals surface area contributed by atoms with Gasteiger partial charge < -0.3 is 25.0 Å². The highest BCUT2D eigenvalue weighted by atomic mass is 19.1. The smallest absolute Gasteiger partial charge is 0.191 e. The molecule has 2 atom stereocenters. The first-order valence-corrected chi connectivity index (χ1v) is 10.8. The van der Waals surface area contributed by atoms with E-state index in [0.717, 1.165) is 43.6 Å². The van der Waals surface area contributed by atoms with E-state index in [2.05, 4.69) is 33.5 Å². The van der Waals surface area contributed by atoms with E-state index >= 15 is 0 Å². The van der Waals surface area contributed by atoms with Crippen LogP contribution >= 0.6 is 0 Å². The van der Waals surface area contributed by atoms with Crippen molar-refractivity contribution < 1.29 is 13.9 Å². The van der Waals surface area contributed by atoms with Gasteiger partial charge in [0.05, 0.1) is 25.8 Å². The Kier molecular flexibility index (Phi) is 8.46. The maximum Gasteiger partial charge on any atom is 0.191 e. The first-order chi connectivity index (χ1) is 15.0. The molecule has 7 nitrogen and oxygen atoms in total. The van der Waals surface area contributed by atoms with Crippen LogP contribution in [0.3, 0.4) is 0 Å². The number of aromatic nitrogens is 1. The standard InChI is InChI=1S/C23H32FN5O2/c1-4-25-23(27-14-17(2)31-21-7-5-20(24)6-8-21)28-15-19-9-10-26-22(13-19)29-11-12-30-18(3)16-29/h5-10,13,17-18H,4,11-12,14-16H2,1-3H3,(H2,25,27,28). The van der Waals surface area contributed by atoms with Gasteiger partial charge >= 0.3 is 0 Å². The Labute approximate surface area is 183 Å². The largest absolute Gasteiger partial charge is 0.489 e. The van der Waals surface area contributed by atoms with Crippen LogP contribution in [0.15, 0.2) is 47.6 Å². The Bertz CT molecular complexity index is 846. The zero-order valence-electron chi connectivity index (χ0n) is 18.5. The van der Waals surface area contributed by atoms with E-state index in [1.165, 1.54) is 12.1 Å². The van der Waals surface area contributed by atoms with Crippen LogP contribution in [-0.4, -0.2) is 55.9 Å². The molecule has 2 heterocycles. The van der Waals surface area contributed by atoms with Crippen molar-refractivity contribution in [2.24, 2.45) is 4.99 Å². The average Bonchev–Trinajstić information content (AvgIpc) is 2.77. The summed E-state index contributed by atoms with van der Waals surface area (Å²) in [7, 11) is 0. The molecule has 31 heavy (non-hydrogen) atoms. The molecule has 0 spiro atoms. The number of guanidine groups is 1. The topological polar surface area (TPSA) is 71.0 Å². The molecule has 1 fully saturated rings. The van der Waals surface area contributed by atoms with Crippen LogP contribution in [-0.2, 0) is 11.3 Å². The molecule has 3 rings (SSSR count). The fraction of sp³-hybridized carbons (Fsp3) is 0.478. The van der Waals surface area contributed by atoms with Crippen LogP contribution in [0.25, 0.3) is 0 Å². The number of rotatable bonds is 8. The molecule has 1 saturated heterocycles. The lowest BCUT2D eigenvalue weighted by atomic mass is 10.2. The molecule has 0 saturated carbocycles. The zero-order valence-corrected chi connectivity index (χ0v) is 18.5. The molecule has 1 aliphatic rings. The number of morpholine rings is 1. The van der Waals surface area contributed by atoms with Crippen molar-refractivity contribution in [2.75, 3.05) is 37.7 Å². The van der Waals surface area contributed by atoms with Crippen molar-refractivity contribution in [1.29, 1.82) is 0 Å². The third kappa shape index (κ3) is 7.40. The van der Waals surface area contributed by atoms with Crippen LogP contribution in [0.1, 0.15) is 26.3 Å². The molecule has 0 radical (unpaired) electrons. The highest BCUT2D eigenvalue weighted by Crippen LogP contribution is 2.17. The highest BCUT2D eigenvalue weighted by Gasteiger charge is 2.18. The number of halogens is 1. The quantitative estimate of drug-likeness (QED) is 0.497. The number of pyridine rings is 1. The molecular formula is C23H32FN5O2. The van der Waals surface area contributed by atoms with Gasteiger partial charge in [-0.1, -0.05) is 0 Å². The second kappa shape index (κ2) is 11.5. The van der Waals surface area contributed by atoms with E-state index in [1.54, 1.807) is 12.1 Å². The fourth-order valence-corrected chi connectivity index (χ4v) is 3.30. The molecule has 2 unspecified atom stereocenters. The minimum absolute atomic E-state index is 0.106. The lowest BCUT2D eigenvalue weighted by molar-refractivity contribution is 0.0529. The van der Waals surface area contributed by atoms with Crippen LogP contribution < -0.4 is 20.3 Å². The molecule has 1 aromatic carbocycles. The number of anilines is 1. The zero-order chi connectivity index (χ0) is 22.1. The molecule has 2 aromatic rings. The predicted octanol–water partition coefficient (Wildman–Crippen LogP) is 2.97. The van der Waals surface area contributed by atoms with Crippen molar-refractivity contribution in [2.45, 2.75) is 39.5 Å². The third-order valence-corrected chi connectivity index (χ3v) is 4.85. The van der Waals surface area contributed by atoms with Crippen molar-refractivity contribution in [1.82, 2.24) is 15.6 Å². The van der Waals surface area contributed by atoms with Crippen LogP contribution in [0.4, 0.5) is 10.2 Å². The number of hydrogen-bond acceptors (Lipinski definition) is 5. The van der Waals surface area contributed by atoms with Gasteiger partial charge in [-0.3, -0.25) is 0 Å². The maximum atomic E-state index is 13.0. The van der Waals surface area contributed by atoms with E-state index in [9.17, 15) is 4.39 Å². The van der Waals surface area contributed by atoms with E-state index in [-0.39, 0.29) is 18.0 Å². The summed E-state index contributed by atoms with van der Waals surface area (Å²) in [5, 5.41) is 6.56. The van der Waals surface area contributed by atoms with Crippen molar-refractivity contribution in [3.63, 3.8) is 0 Å². The minimum Gasteiger partial charge on any atom is -0.489 e. The molecule has 8 heteroatoms. The lowest BCUT2D eigenvalue weighted by Crippen LogP contribution is -2.42. The number of benzene rings is 1. The summed E-state index contributed by atoms with van der Waals surface area (Å²) >= 11 is 0. The first-order valence-electron chi connectivity index (χ1n) is 10.8. The second-order valence-electron chi connectivity index (χ2n) is 7.61. The maximum absolute atomic E-state index is 13.0. The summed E-state index contributed by atoms with van der Waals surface area (Å²) in [6, 6.07) is 10.1. The molecule has 1 aliphatic heterocycles. The Morgan fingerprint density at radius 2 is 2.13 bits per heavy atom. The van der Waals surface area contributed by atoms with E-state index in [0.29, 0.717) is 18.8 Å². The fourth-order valence-electron chi connectivity index (χ4n) is 3.30. The Morgan fingerprint density at radius 1 is 1.32 bits per heavy atom. The Morgan fingerprint density at radius 3 is 2.87 bits per heavy atom. The Hall–Kier alpha value is -2.87. The SMILES string of the molecule is CCNC(=NCc1ccnc(N2CCOC(C)C2)c1)NCC(C)Oc1ccc(F)cc1. The minimum atomic E-state index is -0.276. The van der Waals surface area contributed by atoms with Gasteiger partial charge in [-0.25, -0.2) is 14.4 Å². The summed E-state index contributed by atoms with van der Waals surface area (Å²) in [5.74, 6) is 2.04. The predicted molar refractivity (Wildman–Crippen MR) is 121 cm³/mol. The summed E-state index contributed by atoms with van der Waals surface area (Å²) in [5.41, 5.74) is 1.09. The highest BCUT2D eigenvalue weighted by molar-refractivity contribution is 5.79. The van der Waals surface area contributed by atoms with Gasteiger partial charge in [-0.05, 0) is 62.7 Å². The van der Waals surface area contributed by atoms with Gasteiger partial charge in [-0.15, -0.1) is 0 Å². The average molecular weight is 430 g/mol. The molecule has 168 valence electrons. The monoisotopic (exact) mass is 429 g/mol. The van der Waals surface area contributed by atoms with Gasteiger partial charge in [0, 0.05) is 25.8 Å². The van der Waals surface area contributed by atoms with Crippen LogP contribution in [0.2, 0.25) is 0 Å². The van der Waals surface area contributed by atoms with Crippen molar-refractivity contribution in [3.8, 4) is 5.75 Å². The number of nitrogens with zero attached hydrogens (tertiary/aromatic N) is 3. The van der Waals surface area contributed by atoms with Crippen LogP contribution in [0.5, 0.6) is 5.75 Å². The molecule has 1 aromatic heterocycles. The third-order valence-electron chi connectivity index (χ3n) is 4.85. The summed E-state index contributed by atoms with van der Waals surface area (Å²) in [6.07, 6.45) is 1.94. The second-order valence-corrected chi connectivity index (χ2v) is 7.61. The van der Waals surface area contributed by atoms with Gasteiger partial charge in [0.2, 0.25) is 0 Å². The van der Waals surface area contributed by atoms with Gasteiger partial charge in [0.15, 0.2) is 5.96 Å². The number of ether oxygens (including phenoxy) is 2. The Balaban J connectivity index is 1.55. The number of nitrogens with one attached hydrogen (secondary N) is 2. The summed E-state index contributed by atoms with van der Waals surface area (Å²) in [4.78, 5) is 11.5. The van der Waals surface area contributed by atoms with Crippen LogP contribution in [0, 0.1) is 5.82 Å². The molecule has 2 N–H and O–H groups in total. The van der Waals surface area contributed by atoms with Crippen molar-refractivity contribution >= 4 is 11.8 Å². The normalized spacial score (nSPS) is 17.9. The lowest BCUT2D eigenvalue weighted by Gasteiger charge is -2.32. The first kappa shape index (κ1) is 22.8. The molecule has 0 bridgehead atoms. The van der Waals surface area contributed by atoms with Gasteiger partial charge in [0.1, 0.15) is 23.5 Å².